The van der Waals surface area contributed by atoms with Gasteiger partial charge in [-0.3, -0.25) is 0 Å². The zero-order valence-electron chi connectivity index (χ0n) is 8.88. The molecule has 6 heteroatoms. The second-order valence-corrected chi connectivity index (χ2v) is 4.30. The lowest BCUT2D eigenvalue weighted by molar-refractivity contribution is 0.418. The number of hydrogen-bond donors (Lipinski definition) is 1. The molecule has 0 saturated heterocycles. The highest BCUT2D eigenvalue weighted by Gasteiger charge is 2.15. The first kappa shape index (κ1) is 12.9. The van der Waals surface area contributed by atoms with Crippen molar-refractivity contribution in [1.82, 2.24) is 0 Å². The van der Waals surface area contributed by atoms with Gasteiger partial charge in [-0.25, -0.2) is 4.39 Å². The zero-order chi connectivity index (χ0) is 13.3. The molecule has 0 radical (unpaired) electrons. The monoisotopic (exact) mass is 289 g/mol. The van der Waals surface area contributed by atoms with Crippen molar-refractivity contribution in [3.05, 3.63) is 52.0 Å². The first-order valence-electron chi connectivity index (χ1n) is 4.85. The Labute approximate surface area is 112 Å². The minimum absolute atomic E-state index is 0.0279. The van der Waals surface area contributed by atoms with E-state index in [1.54, 1.807) is 0 Å². The number of anilines is 1. The van der Waals surface area contributed by atoms with E-state index in [2.05, 4.69) is 0 Å². The Morgan fingerprint density at radius 1 is 1.06 bits per heavy atom. The number of nitrogens with two attached hydrogens (primary N) is 1. The predicted octanol–water partition coefficient (Wildman–Crippen LogP) is 4.65. The van der Waals surface area contributed by atoms with E-state index in [9.17, 15) is 8.78 Å². The van der Waals surface area contributed by atoms with Gasteiger partial charge in [-0.2, -0.15) is 4.39 Å². The van der Waals surface area contributed by atoms with E-state index in [0.717, 1.165) is 6.07 Å². The highest BCUT2D eigenvalue weighted by molar-refractivity contribution is 6.35. The van der Waals surface area contributed by atoms with Crippen molar-refractivity contribution in [2.45, 2.75) is 0 Å². The van der Waals surface area contributed by atoms with Crippen LogP contribution in [0.25, 0.3) is 0 Å². The van der Waals surface area contributed by atoms with E-state index in [4.69, 9.17) is 33.7 Å². The summed E-state index contributed by atoms with van der Waals surface area (Å²) < 4.78 is 31.7. The average Bonchev–Trinajstić information content (AvgIpc) is 2.32. The van der Waals surface area contributed by atoms with Crippen LogP contribution in [0.2, 0.25) is 10.0 Å². The van der Waals surface area contributed by atoms with Gasteiger partial charge in [-0.05, 0) is 30.3 Å². The van der Waals surface area contributed by atoms with E-state index < -0.39 is 17.4 Å². The van der Waals surface area contributed by atoms with Crippen molar-refractivity contribution in [2.75, 3.05) is 5.73 Å². The van der Waals surface area contributed by atoms with Gasteiger partial charge in [-0.1, -0.05) is 23.2 Å². The summed E-state index contributed by atoms with van der Waals surface area (Å²) in [6.07, 6.45) is 0. The van der Waals surface area contributed by atoms with Crippen LogP contribution in [0.5, 0.6) is 11.5 Å². The molecule has 0 unspecified atom stereocenters. The molecule has 2 aromatic rings. The molecule has 2 aromatic carbocycles. The summed E-state index contributed by atoms with van der Waals surface area (Å²) >= 11 is 11.6. The van der Waals surface area contributed by atoms with Gasteiger partial charge >= 0.3 is 0 Å². The Morgan fingerprint density at radius 3 is 2.44 bits per heavy atom. The van der Waals surface area contributed by atoms with Gasteiger partial charge in [0.1, 0.15) is 5.75 Å². The summed E-state index contributed by atoms with van der Waals surface area (Å²) in [7, 11) is 0. The van der Waals surface area contributed by atoms with Gasteiger partial charge in [0.05, 0.1) is 10.7 Å². The van der Waals surface area contributed by atoms with Crippen molar-refractivity contribution in [2.24, 2.45) is 0 Å². The van der Waals surface area contributed by atoms with Crippen molar-refractivity contribution >= 4 is 28.9 Å². The normalized spacial score (nSPS) is 10.4. The molecule has 0 saturated carbocycles. The molecule has 2 N–H and O–H groups in total. The SMILES string of the molecule is Nc1ccc(F)c(F)c1Oc1ccc(Cl)cc1Cl. The van der Waals surface area contributed by atoms with Crippen molar-refractivity contribution < 1.29 is 13.5 Å². The molecule has 2 nitrogen and oxygen atoms in total. The third kappa shape index (κ3) is 2.49. The Morgan fingerprint density at radius 2 is 1.78 bits per heavy atom. The molecule has 94 valence electrons. The number of ether oxygens (including phenoxy) is 1. The van der Waals surface area contributed by atoms with Gasteiger partial charge in [0.15, 0.2) is 11.6 Å². The minimum Gasteiger partial charge on any atom is -0.450 e. The van der Waals surface area contributed by atoms with Gasteiger partial charge < -0.3 is 10.5 Å². The van der Waals surface area contributed by atoms with Crippen LogP contribution in [0.4, 0.5) is 14.5 Å². The molecule has 0 amide bonds. The number of hydrogen-bond acceptors (Lipinski definition) is 2. The van der Waals surface area contributed by atoms with Crippen LogP contribution in [-0.2, 0) is 0 Å². The maximum atomic E-state index is 13.5. The number of nitrogen functional groups attached to an aromatic ring is 1. The van der Waals surface area contributed by atoms with Crippen LogP contribution in [-0.4, -0.2) is 0 Å². The number of halogens is 4. The number of rotatable bonds is 2. The molecular weight excluding hydrogens is 283 g/mol. The van der Waals surface area contributed by atoms with Gasteiger partial charge in [0.2, 0.25) is 5.82 Å². The van der Waals surface area contributed by atoms with Crippen LogP contribution in [0.1, 0.15) is 0 Å². The summed E-state index contributed by atoms with van der Waals surface area (Å²) in [5.74, 6) is -2.48. The first-order chi connectivity index (χ1) is 8.49. The quantitative estimate of drug-likeness (QED) is 0.817. The predicted molar refractivity (Wildman–Crippen MR) is 67.3 cm³/mol. The molecule has 0 bridgehead atoms. The Bertz CT molecular complexity index is 605. The third-order valence-electron chi connectivity index (χ3n) is 2.19. The van der Waals surface area contributed by atoms with Gasteiger partial charge in [0, 0.05) is 5.02 Å². The summed E-state index contributed by atoms with van der Waals surface area (Å²) in [5, 5.41) is 0.575. The highest BCUT2D eigenvalue weighted by Crippen LogP contribution is 2.36. The van der Waals surface area contributed by atoms with E-state index >= 15 is 0 Å². The van der Waals surface area contributed by atoms with Gasteiger partial charge in [0.25, 0.3) is 0 Å². The summed E-state index contributed by atoms with van der Waals surface area (Å²) in [6.45, 7) is 0. The Hall–Kier alpha value is -1.52. The molecule has 0 aliphatic carbocycles. The zero-order valence-corrected chi connectivity index (χ0v) is 10.4. The van der Waals surface area contributed by atoms with Crippen molar-refractivity contribution in [3.8, 4) is 11.5 Å². The molecule has 18 heavy (non-hydrogen) atoms. The van der Waals surface area contributed by atoms with E-state index in [1.165, 1.54) is 24.3 Å². The fourth-order valence-electron chi connectivity index (χ4n) is 1.32. The number of benzene rings is 2. The second kappa shape index (κ2) is 5.00. The first-order valence-corrected chi connectivity index (χ1v) is 5.61. The summed E-state index contributed by atoms with van der Waals surface area (Å²) in [4.78, 5) is 0. The molecule has 0 fully saturated rings. The molecule has 0 spiro atoms. The Balaban J connectivity index is 2.43. The van der Waals surface area contributed by atoms with Crippen LogP contribution >= 0.6 is 23.2 Å². The summed E-state index contributed by atoms with van der Waals surface area (Å²) in [5.41, 5.74) is 5.49. The van der Waals surface area contributed by atoms with Gasteiger partial charge in [-0.15, -0.1) is 0 Å². The van der Waals surface area contributed by atoms with E-state index in [0.29, 0.717) is 5.02 Å². The minimum atomic E-state index is -1.17. The van der Waals surface area contributed by atoms with Crippen LogP contribution in [0.3, 0.4) is 0 Å². The summed E-state index contributed by atoms with van der Waals surface area (Å²) in [6, 6.07) is 6.50. The highest BCUT2D eigenvalue weighted by atomic mass is 35.5. The maximum absolute atomic E-state index is 13.5. The molecule has 0 aromatic heterocycles. The molecule has 0 aliphatic heterocycles. The van der Waals surface area contributed by atoms with Crippen molar-refractivity contribution in [1.29, 1.82) is 0 Å². The lowest BCUT2D eigenvalue weighted by Crippen LogP contribution is -1.98. The fourth-order valence-corrected chi connectivity index (χ4v) is 1.77. The van der Waals surface area contributed by atoms with E-state index in [1.807, 2.05) is 0 Å². The van der Waals surface area contributed by atoms with Crippen LogP contribution in [0, 0.1) is 11.6 Å². The largest absolute Gasteiger partial charge is 0.450 e. The lowest BCUT2D eigenvalue weighted by Gasteiger charge is -2.11. The molecule has 0 atom stereocenters. The van der Waals surface area contributed by atoms with Crippen LogP contribution in [0.15, 0.2) is 30.3 Å². The second-order valence-electron chi connectivity index (χ2n) is 3.46. The fraction of sp³-hybridized carbons (Fsp3) is 0. The molecule has 2 rings (SSSR count). The average molecular weight is 290 g/mol. The lowest BCUT2D eigenvalue weighted by atomic mass is 10.2. The van der Waals surface area contributed by atoms with Crippen LogP contribution < -0.4 is 10.5 Å². The Kier molecular flexibility index (Phi) is 3.59. The van der Waals surface area contributed by atoms with Crippen molar-refractivity contribution in [3.63, 3.8) is 0 Å². The third-order valence-corrected chi connectivity index (χ3v) is 2.72. The molecule has 0 heterocycles. The smallest absolute Gasteiger partial charge is 0.203 e. The standard InChI is InChI=1S/C12H7Cl2F2NO/c13-6-1-4-10(7(14)5-6)18-12-9(17)3-2-8(15)11(12)16/h1-5H,17H2. The molecule has 0 aliphatic rings. The molecular formula is C12H7Cl2F2NO. The maximum Gasteiger partial charge on any atom is 0.203 e. The van der Waals surface area contributed by atoms with E-state index in [-0.39, 0.29) is 16.5 Å². The topological polar surface area (TPSA) is 35.2 Å².